The van der Waals surface area contributed by atoms with Gasteiger partial charge in [0.05, 0.1) is 30.1 Å². The molecule has 1 aromatic carbocycles. The zero-order chi connectivity index (χ0) is 28.0. The number of halogens is 1. The maximum Gasteiger partial charge on any atom is 0.318 e. The Bertz CT molecular complexity index is 1440. The van der Waals surface area contributed by atoms with Crippen LogP contribution < -0.4 is 9.64 Å². The number of ether oxygens (including phenoxy) is 2. The van der Waals surface area contributed by atoms with Gasteiger partial charge in [-0.25, -0.2) is 4.39 Å². The van der Waals surface area contributed by atoms with Crippen molar-refractivity contribution >= 4 is 22.6 Å². The van der Waals surface area contributed by atoms with Gasteiger partial charge in [-0.3, -0.25) is 9.89 Å². The van der Waals surface area contributed by atoms with Gasteiger partial charge < -0.3 is 24.2 Å². The van der Waals surface area contributed by atoms with Gasteiger partial charge in [-0.15, -0.1) is 0 Å². The Morgan fingerprint density at radius 1 is 1.27 bits per heavy atom. The zero-order valence-electron chi connectivity index (χ0n) is 23.3. The zero-order valence-corrected chi connectivity index (χ0v) is 23.3. The highest BCUT2D eigenvalue weighted by Crippen LogP contribution is 2.39. The smallest absolute Gasteiger partial charge is 0.318 e. The summed E-state index contributed by atoms with van der Waals surface area (Å²) in [7, 11) is 2.12. The molecule has 6 rings (SSSR count). The number of nitrogens with zero attached hydrogens (tertiary/aromatic N) is 6. The Hall–Kier alpha value is -3.57. The molecule has 1 amide bonds. The molecule has 11 heteroatoms. The van der Waals surface area contributed by atoms with Crippen molar-refractivity contribution in [2.24, 2.45) is 0 Å². The number of rotatable bonds is 6. The van der Waals surface area contributed by atoms with Crippen LogP contribution in [0.15, 0.2) is 30.7 Å². The Labute approximate surface area is 233 Å². The Balaban J connectivity index is 1.32. The van der Waals surface area contributed by atoms with E-state index < -0.39 is 11.7 Å². The summed E-state index contributed by atoms with van der Waals surface area (Å²) in [5.74, 6) is -0.833. The van der Waals surface area contributed by atoms with E-state index in [1.165, 1.54) is 4.90 Å². The Morgan fingerprint density at radius 3 is 2.88 bits per heavy atom. The van der Waals surface area contributed by atoms with Crippen molar-refractivity contribution in [3.05, 3.63) is 53.1 Å². The lowest BCUT2D eigenvalue weighted by molar-refractivity contribution is -0.131. The summed E-state index contributed by atoms with van der Waals surface area (Å²) in [5.41, 5.74) is 5.06. The van der Waals surface area contributed by atoms with Gasteiger partial charge in [0.15, 0.2) is 5.83 Å². The van der Waals surface area contributed by atoms with Crippen molar-refractivity contribution < 1.29 is 18.7 Å². The first kappa shape index (κ1) is 26.6. The lowest BCUT2D eigenvalue weighted by Crippen LogP contribution is -2.54. The number of fused-ring (bicyclic) bond motifs is 2. The van der Waals surface area contributed by atoms with Gasteiger partial charge in [0.25, 0.3) is 5.91 Å². The monoisotopic (exact) mass is 549 g/mol. The highest BCUT2D eigenvalue weighted by Gasteiger charge is 2.34. The van der Waals surface area contributed by atoms with Gasteiger partial charge in [0.1, 0.15) is 12.4 Å². The number of carbonyl (C=O) groups excluding carboxylic acids is 1. The van der Waals surface area contributed by atoms with Crippen molar-refractivity contribution in [2.45, 2.75) is 57.9 Å². The molecule has 2 saturated heterocycles. The van der Waals surface area contributed by atoms with E-state index in [2.05, 4.69) is 46.6 Å². The standard InChI is InChI=1S/C29H36FN7O3/c1-17-7-8-23-21(13-31-34-23)26(17)25-12-24-22(16-39-25)27(33-29(32-24)40-15-20-6-5-9-35(20)4)36-10-11-37(18(2)14-36)28(38)19(3)30/h7-8,13,18,20,25H,3,5-6,9-12,14-16H2,1-2,4H3,(H,31,34)/t18-,20?,25?/m1/s1. The third-order valence-electron chi connectivity index (χ3n) is 8.56. The molecule has 2 unspecified atom stereocenters. The number of anilines is 1. The molecule has 3 aliphatic heterocycles. The quantitative estimate of drug-likeness (QED) is 0.467. The second-order valence-corrected chi connectivity index (χ2v) is 11.2. The summed E-state index contributed by atoms with van der Waals surface area (Å²) in [6, 6.07) is 4.60. The van der Waals surface area contributed by atoms with E-state index in [1.54, 1.807) is 0 Å². The van der Waals surface area contributed by atoms with Crippen LogP contribution in [0.3, 0.4) is 0 Å². The average Bonchev–Trinajstić information content (AvgIpc) is 3.59. The number of piperazine rings is 1. The molecular weight excluding hydrogens is 513 g/mol. The number of likely N-dealkylation sites (N-methyl/N-ethyl adjacent to an activating group) is 1. The molecule has 212 valence electrons. The van der Waals surface area contributed by atoms with Gasteiger partial charge >= 0.3 is 6.01 Å². The predicted octanol–water partition coefficient (Wildman–Crippen LogP) is 3.47. The molecule has 3 aromatic rings. The second kappa shape index (κ2) is 10.8. The third kappa shape index (κ3) is 4.92. The summed E-state index contributed by atoms with van der Waals surface area (Å²) in [6.07, 6.45) is 4.49. The third-order valence-corrected chi connectivity index (χ3v) is 8.56. The number of hydrogen-bond donors (Lipinski definition) is 1. The summed E-state index contributed by atoms with van der Waals surface area (Å²) in [4.78, 5) is 28.1. The molecule has 0 spiro atoms. The first-order chi connectivity index (χ1) is 19.3. The van der Waals surface area contributed by atoms with Crippen molar-refractivity contribution in [1.82, 2.24) is 30.0 Å². The molecule has 0 saturated carbocycles. The van der Waals surface area contributed by atoms with Crippen LogP contribution in [-0.4, -0.2) is 87.8 Å². The maximum absolute atomic E-state index is 13.6. The minimum atomic E-state index is -0.936. The number of carbonyl (C=O) groups is 1. The molecule has 0 radical (unpaired) electrons. The van der Waals surface area contributed by atoms with Gasteiger partial charge in [-0.2, -0.15) is 15.1 Å². The molecule has 3 atom stereocenters. The summed E-state index contributed by atoms with van der Waals surface area (Å²) in [6.45, 7) is 10.5. The topological polar surface area (TPSA) is 99.7 Å². The number of aromatic nitrogens is 4. The van der Waals surface area contributed by atoms with Crippen LogP contribution in [0.2, 0.25) is 0 Å². The summed E-state index contributed by atoms with van der Waals surface area (Å²) in [5, 5.41) is 8.35. The molecule has 3 aliphatic rings. The number of likely N-dealkylation sites (tertiary alicyclic amines) is 1. The van der Waals surface area contributed by atoms with E-state index in [0.717, 1.165) is 58.5 Å². The molecular formula is C29H36FN7O3. The molecule has 10 nitrogen and oxygen atoms in total. The summed E-state index contributed by atoms with van der Waals surface area (Å²) < 4.78 is 26.3. The molecule has 40 heavy (non-hydrogen) atoms. The van der Waals surface area contributed by atoms with Crippen LogP contribution in [0.1, 0.15) is 48.3 Å². The van der Waals surface area contributed by atoms with Crippen molar-refractivity contribution in [1.29, 1.82) is 0 Å². The fourth-order valence-corrected chi connectivity index (χ4v) is 6.29. The lowest BCUT2D eigenvalue weighted by atomic mass is 9.93. The van der Waals surface area contributed by atoms with E-state index in [1.807, 2.05) is 19.2 Å². The number of aromatic amines is 1. The second-order valence-electron chi connectivity index (χ2n) is 11.2. The normalized spacial score (nSPS) is 23.4. The van der Waals surface area contributed by atoms with Crippen molar-refractivity contribution in [3.63, 3.8) is 0 Å². The number of hydrogen-bond acceptors (Lipinski definition) is 8. The van der Waals surface area contributed by atoms with Gasteiger partial charge in [0.2, 0.25) is 0 Å². The predicted molar refractivity (Wildman–Crippen MR) is 149 cm³/mol. The van der Waals surface area contributed by atoms with Crippen LogP contribution in [0, 0.1) is 6.92 Å². The number of nitrogens with one attached hydrogen (secondary N) is 1. The molecule has 5 heterocycles. The Morgan fingerprint density at radius 2 is 2.12 bits per heavy atom. The largest absolute Gasteiger partial charge is 0.462 e. The molecule has 2 aromatic heterocycles. The van der Waals surface area contributed by atoms with E-state index in [-0.39, 0.29) is 12.1 Å². The van der Waals surface area contributed by atoms with Crippen LogP contribution in [-0.2, 0) is 22.6 Å². The van der Waals surface area contributed by atoms with Crippen LogP contribution in [0.4, 0.5) is 10.2 Å². The van der Waals surface area contributed by atoms with Crippen molar-refractivity contribution in [2.75, 3.05) is 44.7 Å². The van der Waals surface area contributed by atoms with Crippen LogP contribution in [0.25, 0.3) is 10.9 Å². The number of benzene rings is 1. The van der Waals surface area contributed by atoms with Crippen LogP contribution >= 0.6 is 0 Å². The molecule has 0 bridgehead atoms. The summed E-state index contributed by atoms with van der Waals surface area (Å²) >= 11 is 0. The highest BCUT2D eigenvalue weighted by molar-refractivity contribution is 5.91. The minimum Gasteiger partial charge on any atom is -0.462 e. The minimum absolute atomic E-state index is 0.186. The molecule has 2 fully saturated rings. The highest BCUT2D eigenvalue weighted by atomic mass is 19.1. The average molecular weight is 550 g/mol. The molecule has 1 N–H and O–H groups in total. The number of aryl methyl sites for hydroxylation is 1. The van der Waals surface area contributed by atoms with E-state index in [4.69, 9.17) is 19.4 Å². The SMILES string of the molecule is C=C(F)C(=O)N1CCN(c2nc(OCC3CCCN3C)nc3c2COC(c2c(C)ccc4[nH]ncc24)C3)C[C@H]1C. The molecule has 0 aliphatic carbocycles. The number of H-pyrrole nitrogens is 1. The Kier molecular flexibility index (Phi) is 7.18. The van der Waals surface area contributed by atoms with Crippen LogP contribution in [0.5, 0.6) is 6.01 Å². The fourth-order valence-electron chi connectivity index (χ4n) is 6.29. The van der Waals surface area contributed by atoms with E-state index in [0.29, 0.717) is 51.3 Å². The first-order valence-electron chi connectivity index (χ1n) is 14.0. The lowest BCUT2D eigenvalue weighted by Gasteiger charge is -2.41. The number of amides is 1. The van der Waals surface area contributed by atoms with Gasteiger partial charge in [-0.1, -0.05) is 12.6 Å². The maximum atomic E-state index is 13.6. The van der Waals surface area contributed by atoms with Crippen molar-refractivity contribution in [3.8, 4) is 6.01 Å². The van der Waals surface area contributed by atoms with Gasteiger partial charge in [-0.05, 0) is 57.5 Å². The fraction of sp³-hybridized carbons (Fsp3) is 0.517. The first-order valence-corrected chi connectivity index (χ1v) is 14.0. The van der Waals surface area contributed by atoms with E-state index in [9.17, 15) is 9.18 Å². The van der Waals surface area contributed by atoms with E-state index >= 15 is 0 Å². The van der Waals surface area contributed by atoms with Gasteiger partial charge in [0, 0.05) is 49.1 Å².